The van der Waals surface area contributed by atoms with Crippen LogP contribution in [0.4, 0.5) is 0 Å². The number of hydrogen-bond donors (Lipinski definition) is 0. The number of ketones is 1. The van der Waals surface area contributed by atoms with E-state index < -0.39 is 0 Å². The van der Waals surface area contributed by atoms with Crippen LogP contribution < -0.4 is 9.47 Å². The second-order valence-electron chi connectivity index (χ2n) is 6.95. The number of carbonyl (C=O) groups is 1. The van der Waals surface area contributed by atoms with E-state index in [-0.39, 0.29) is 11.2 Å². The minimum absolute atomic E-state index is 0.0731. The molecular weight excluding hydrogens is 252 g/mol. The predicted octanol–water partition coefficient (Wildman–Crippen LogP) is 3.64. The van der Waals surface area contributed by atoms with E-state index in [0.29, 0.717) is 25.6 Å². The molecular formula is C17H22O3. The molecule has 0 radical (unpaired) electrons. The zero-order valence-electron chi connectivity index (χ0n) is 12.5. The highest BCUT2D eigenvalue weighted by molar-refractivity contribution is 5.99. The lowest BCUT2D eigenvalue weighted by Gasteiger charge is -2.20. The molecule has 0 spiro atoms. The number of carbonyl (C=O) groups excluding carboxylic acids is 1. The van der Waals surface area contributed by atoms with Crippen molar-refractivity contribution in [2.24, 2.45) is 11.3 Å². The molecule has 1 unspecified atom stereocenters. The Kier molecular flexibility index (Phi) is 3.23. The fourth-order valence-electron chi connectivity index (χ4n) is 2.90. The lowest BCUT2D eigenvalue weighted by Crippen LogP contribution is -2.14. The molecule has 1 aliphatic heterocycles. The van der Waals surface area contributed by atoms with Crippen LogP contribution in [0.15, 0.2) is 12.1 Å². The van der Waals surface area contributed by atoms with Gasteiger partial charge in [-0.15, -0.1) is 0 Å². The highest BCUT2D eigenvalue weighted by atomic mass is 16.5. The molecule has 108 valence electrons. The van der Waals surface area contributed by atoms with Crippen molar-refractivity contribution >= 4 is 5.78 Å². The number of hydrogen-bond acceptors (Lipinski definition) is 3. The summed E-state index contributed by atoms with van der Waals surface area (Å²) in [5.41, 5.74) is 2.01. The van der Waals surface area contributed by atoms with Gasteiger partial charge < -0.3 is 9.47 Å². The summed E-state index contributed by atoms with van der Waals surface area (Å²) in [5.74, 6) is 2.12. The van der Waals surface area contributed by atoms with Crippen molar-refractivity contribution in [1.29, 1.82) is 0 Å². The quantitative estimate of drug-likeness (QED) is 0.678. The monoisotopic (exact) mass is 274 g/mol. The molecule has 20 heavy (non-hydrogen) atoms. The van der Waals surface area contributed by atoms with Crippen molar-refractivity contribution in [2.75, 3.05) is 13.2 Å². The highest BCUT2D eigenvalue weighted by Crippen LogP contribution is 2.39. The first kappa shape index (κ1) is 13.5. The van der Waals surface area contributed by atoms with Gasteiger partial charge in [0.2, 0.25) is 0 Å². The third-order valence-corrected chi connectivity index (χ3v) is 4.23. The molecule has 0 N–H and O–H groups in total. The molecule has 1 aromatic carbocycles. The number of benzene rings is 1. The first-order valence-corrected chi connectivity index (χ1v) is 7.40. The van der Waals surface area contributed by atoms with Crippen LogP contribution in [0.1, 0.15) is 49.5 Å². The molecule has 1 aliphatic carbocycles. The molecule has 0 saturated heterocycles. The van der Waals surface area contributed by atoms with E-state index in [1.54, 1.807) is 0 Å². The Morgan fingerprint density at radius 1 is 1.15 bits per heavy atom. The molecule has 3 heteroatoms. The van der Waals surface area contributed by atoms with E-state index in [4.69, 9.17) is 9.47 Å². The van der Waals surface area contributed by atoms with E-state index >= 15 is 0 Å². The maximum absolute atomic E-state index is 12.5. The van der Waals surface area contributed by atoms with Crippen molar-refractivity contribution in [2.45, 2.75) is 40.0 Å². The molecule has 2 aliphatic rings. The summed E-state index contributed by atoms with van der Waals surface area (Å²) in [6.45, 7) is 7.74. The Bertz CT molecular complexity index is 545. The lowest BCUT2D eigenvalue weighted by molar-refractivity contribution is 0.0934. The Hall–Kier alpha value is -1.51. The number of fused-ring (bicyclic) bond motifs is 2. The maximum Gasteiger partial charge on any atom is 0.163 e. The Morgan fingerprint density at radius 3 is 2.50 bits per heavy atom. The summed E-state index contributed by atoms with van der Waals surface area (Å²) in [4.78, 5) is 12.5. The fourth-order valence-corrected chi connectivity index (χ4v) is 2.90. The highest BCUT2D eigenvalue weighted by Gasteiger charge is 2.30. The molecule has 1 atom stereocenters. The SMILES string of the molecule is CC1COc2cc3c(cc2OC1)C(=O)CC(C)(C)CC3. The normalized spacial score (nSPS) is 24.6. The van der Waals surface area contributed by atoms with Gasteiger partial charge in [0.1, 0.15) is 0 Å². The molecule has 0 bridgehead atoms. The first-order chi connectivity index (χ1) is 9.44. The predicted molar refractivity (Wildman–Crippen MR) is 77.6 cm³/mol. The van der Waals surface area contributed by atoms with Gasteiger partial charge >= 0.3 is 0 Å². The summed E-state index contributed by atoms with van der Waals surface area (Å²) < 4.78 is 11.6. The van der Waals surface area contributed by atoms with Gasteiger partial charge in [-0.05, 0) is 36.0 Å². The Labute approximate surface area is 120 Å². The van der Waals surface area contributed by atoms with Gasteiger partial charge in [0.25, 0.3) is 0 Å². The number of Topliss-reactive ketones (excluding diaryl/α,β-unsaturated/α-hetero) is 1. The average molecular weight is 274 g/mol. The van der Waals surface area contributed by atoms with Crippen molar-refractivity contribution in [1.82, 2.24) is 0 Å². The summed E-state index contributed by atoms with van der Waals surface area (Å²) >= 11 is 0. The van der Waals surface area contributed by atoms with Crippen molar-refractivity contribution in [3.63, 3.8) is 0 Å². The van der Waals surface area contributed by atoms with Gasteiger partial charge in [-0.25, -0.2) is 0 Å². The molecule has 0 fully saturated rings. The van der Waals surface area contributed by atoms with E-state index in [9.17, 15) is 4.79 Å². The summed E-state index contributed by atoms with van der Waals surface area (Å²) in [6.07, 6.45) is 2.57. The largest absolute Gasteiger partial charge is 0.489 e. The first-order valence-electron chi connectivity index (χ1n) is 7.40. The number of rotatable bonds is 0. The van der Waals surface area contributed by atoms with Gasteiger partial charge in [0.05, 0.1) is 13.2 Å². The summed E-state index contributed by atoms with van der Waals surface area (Å²) in [6, 6.07) is 3.91. The Morgan fingerprint density at radius 2 is 1.80 bits per heavy atom. The maximum atomic E-state index is 12.5. The molecule has 1 heterocycles. The third kappa shape index (κ3) is 2.54. The van der Waals surface area contributed by atoms with Gasteiger partial charge in [-0.3, -0.25) is 4.79 Å². The van der Waals surface area contributed by atoms with Crippen molar-refractivity contribution in [3.05, 3.63) is 23.3 Å². The van der Waals surface area contributed by atoms with E-state index in [0.717, 1.165) is 35.5 Å². The number of ether oxygens (including phenoxy) is 2. The van der Waals surface area contributed by atoms with E-state index in [2.05, 4.69) is 20.8 Å². The van der Waals surface area contributed by atoms with Crippen molar-refractivity contribution in [3.8, 4) is 11.5 Å². The van der Waals surface area contributed by atoms with Gasteiger partial charge in [-0.1, -0.05) is 20.8 Å². The van der Waals surface area contributed by atoms with Crippen molar-refractivity contribution < 1.29 is 14.3 Å². The summed E-state index contributed by atoms with van der Waals surface area (Å²) in [7, 11) is 0. The molecule has 0 saturated carbocycles. The van der Waals surface area contributed by atoms with E-state index in [1.807, 2.05) is 12.1 Å². The van der Waals surface area contributed by atoms with Crippen LogP contribution in [0.3, 0.4) is 0 Å². The average Bonchev–Trinajstić information content (AvgIpc) is 2.62. The van der Waals surface area contributed by atoms with Crippen LogP contribution in [0.25, 0.3) is 0 Å². The van der Waals surface area contributed by atoms with Crippen LogP contribution in [0.5, 0.6) is 11.5 Å². The smallest absolute Gasteiger partial charge is 0.163 e. The third-order valence-electron chi connectivity index (χ3n) is 4.23. The Balaban J connectivity index is 2.00. The molecule has 0 aromatic heterocycles. The molecule has 3 nitrogen and oxygen atoms in total. The lowest BCUT2D eigenvalue weighted by atomic mass is 9.84. The van der Waals surface area contributed by atoms with Crippen LogP contribution in [0.2, 0.25) is 0 Å². The minimum atomic E-state index is 0.0731. The summed E-state index contributed by atoms with van der Waals surface area (Å²) in [5, 5.41) is 0. The molecule has 1 aromatic rings. The zero-order valence-corrected chi connectivity index (χ0v) is 12.5. The van der Waals surface area contributed by atoms with Crippen LogP contribution >= 0.6 is 0 Å². The topological polar surface area (TPSA) is 35.5 Å². The van der Waals surface area contributed by atoms with Crippen LogP contribution in [-0.2, 0) is 6.42 Å². The zero-order chi connectivity index (χ0) is 14.3. The minimum Gasteiger partial charge on any atom is -0.489 e. The van der Waals surface area contributed by atoms with Gasteiger partial charge in [0, 0.05) is 17.9 Å². The van der Waals surface area contributed by atoms with Crippen LogP contribution in [-0.4, -0.2) is 19.0 Å². The van der Waals surface area contributed by atoms with Gasteiger partial charge in [-0.2, -0.15) is 0 Å². The molecule has 3 rings (SSSR count). The molecule has 0 amide bonds. The second-order valence-corrected chi connectivity index (χ2v) is 6.95. The second kappa shape index (κ2) is 4.80. The number of aryl methyl sites for hydroxylation is 1. The van der Waals surface area contributed by atoms with Gasteiger partial charge in [0.15, 0.2) is 17.3 Å². The van der Waals surface area contributed by atoms with E-state index in [1.165, 1.54) is 0 Å². The fraction of sp³-hybridized carbons (Fsp3) is 0.588. The van der Waals surface area contributed by atoms with Crippen LogP contribution in [0, 0.1) is 11.3 Å². The standard InChI is InChI=1S/C17H22O3/c1-11-9-19-15-6-12-4-5-17(2,3)8-14(18)13(12)7-16(15)20-10-11/h6-7,11H,4-5,8-10H2,1-3H3.